The highest BCUT2D eigenvalue weighted by atomic mass is 79.9. The third-order valence-electron chi connectivity index (χ3n) is 17.0. The molecule has 33 heteroatoms. The molecular weight excluding hydrogens is 1320 g/mol. The molecule has 14 rings (SSSR count). The van der Waals surface area contributed by atoms with Crippen LogP contribution in [0.2, 0.25) is 0 Å². The number of carbonyl (C=O) groups excluding carboxylic acids is 3. The first-order chi connectivity index (χ1) is 44.9. The third kappa shape index (κ3) is 13.2. The number of aromatic nitrogens is 12. The van der Waals surface area contributed by atoms with Gasteiger partial charge in [0.2, 0.25) is 11.8 Å². The normalized spacial score (nSPS) is 22.5. The van der Waals surface area contributed by atoms with Crippen LogP contribution in [0.25, 0.3) is 17.1 Å². The molecule has 490 valence electrons. The van der Waals surface area contributed by atoms with Gasteiger partial charge in [-0.2, -0.15) is 49.7 Å². The second kappa shape index (κ2) is 26.1. The highest BCUT2D eigenvalue weighted by Gasteiger charge is 2.54. The molecule has 6 fully saturated rings. The number of fused-ring (bicyclic) bond motifs is 6. The maximum atomic E-state index is 13.8. The fourth-order valence-corrected chi connectivity index (χ4v) is 13.4. The first-order valence-electron chi connectivity index (χ1n) is 29.3. The van der Waals surface area contributed by atoms with E-state index in [4.69, 9.17) is 18.9 Å². The van der Waals surface area contributed by atoms with Gasteiger partial charge in [0.05, 0.1) is 83.6 Å². The molecule has 0 radical (unpaired) electrons. The van der Waals surface area contributed by atoms with Gasteiger partial charge in [-0.1, -0.05) is 18.2 Å². The van der Waals surface area contributed by atoms with Crippen molar-refractivity contribution in [1.29, 1.82) is 0 Å². The number of pyridine rings is 1. The van der Waals surface area contributed by atoms with Gasteiger partial charge in [0.15, 0.2) is 22.9 Å². The van der Waals surface area contributed by atoms with Gasteiger partial charge >= 0.3 is 24.5 Å². The Morgan fingerprint density at radius 1 is 0.543 bits per heavy atom. The molecule has 6 bridgehead atoms. The number of rotatable bonds is 12. The Hall–Kier alpha value is -9.56. The van der Waals surface area contributed by atoms with Crippen LogP contribution in [0, 0.1) is 12.7 Å². The average Bonchev–Trinajstić information content (AvgIpc) is 1.59. The van der Waals surface area contributed by atoms with Gasteiger partial charge in [-0.25, -0.2) is 49.2 Å². The molecule has 6 aliphatic heterocycles. The molecule has 9 atom stereocenters. The van der Waals surface area contributed by atoms with E-state index < -0.39 is 53.5 Å². The molecule has 0 saturated carbocycles. The minimum absolute atomic E-state index is 0.00200. The molecule has 6 aromatic heterocycles. The van der Waals surface area contributed by atoms with Crippen LogP contribution in [-0.4, -0.2) is 154 Å². The predicted octanol–water partition coefficient (Wildman–Crippen LogP) is 10.6. The fraction of sp³-hybridized carbons (Fsp3) is 0.377. The molecule has 6 aliphatic rings. The van der Waals surface area contributed by atoms with Crippen LogP contribution in [0.1, 0.15) is 112 Å². The van der Waals surface area contributed by atoms with Crippen molar-refractivity contribution in [2.75, 3.05) is 7.11 Å². The smallest absolute Gasteiger partial charge is 0.434 e. The zero-order chi connectivity index (χ0) is 66.4. The van der Waals surface area contributed by atoms with E-state index in [1.54, 1.807) is 69.7 Å². The van der Waals surface area contributed by atoms with Crippen molar-refractivity contribution in [3.63, 3.8) is 0 Å². The molecular formula is C61H52BrF10N15O7. The van der Waals surface area contributed by atoms with Crippen LogP contribution in [-0.2, 0) is 18.5 Å². The summed E-state index contributed by atoms with van der Waals surface area (Å²) in [6.07, 6.45) is 3.68. The van der Waals surface area contributed by atoms with Crippen LogP contribution in [0.15, 0.2) is 121 Å². The summed E-state index contributed by atoms with van der Waals surface area (Å²) in [5.74, 6) is -0.523. The first-order valence-corrected chi connectivity index (χ1v) is 30.1. The molecule has 0 spiro atoms. The Balaban J connectivity index is 0.000000136. The summed E-state index contributed by atoms with van der Waals surface area (Å²) in [6, 6.07) is 11.9. The summed E-state index contributed by atoms with van der Waals surface area (Å²) in [7, 11) is 1.49. The topological polar surface area (TPSA) is 245 Å². The Morgan fingerprint density at radius 2 is 1.06 bits per heavy atom. The van der Waals surface area contributed by atoms with Crippen molar-refractivity contribution < 1.29 is 77.2 Å². The van der Waals surface area contributed by atoms with Crippen LogP contribution in [0.5, 0.6) is 23.5 Å². The maximum absolute atomic E-state index is 13.8. The lowest BCUT2D eigenvalue weighted by Gasteiger charge is -2.26. The molecule has 0 N–H and O–H groups in total. The molecule has 94 heavy (non-hydrogen) atoms. The molecule has 8 aromatic rings. The minimum atomic E-state index is -4.57. The lowest BCUT2D eigenvalue weighted by Crippen LogP contribution is -2.40. The van der Waals surface area contributed by atoms with Gasteiger partial charge in [0.25, 0.3) is 17.7 Å². The van der Waals surface area contributed by atoms with E-state index >= 15 is 0 Å². The van der Waals surface area contributed by atoms with Crippen molar-refractivity contribution >= 4 is 33.7 Å². The van der Waals surface area contributed by atoms with Crippen LogP contribution >= 0.6 is 15.9 Å². The van der Waals surface area contributed by atoms with Crippen molar-refractivity contribution in [3.8, 4) is 40.6 Å². The van der Waals surface area contributed by atoms with Crippen LogP contribution in [0.4, 0.5) is 43.9 Å². The van der Waals surface area contributed by atoms with Gasteiger partial charge in [0, 0.05) is 73.9 Å². The summed E-state index contributed by atoms with van der Waals surface area (Å²) in [5, 5.41) is 8.24. The summed E-state index contributed by atoms with van der Waals surface area (Å²) in [6.45, 7) is 1.86. The second-order valence-electron chi connectivity index (χ2n) is 22.7. The van der Waals surface area contributed by atoms with Gasteiger partial charge in [-0.3, -0.25) is 14.4 Å². The molecule has 0 aliphatic carbocycles. The van der Waals surface area contributed by atoms with Crippen LogP contribution < -0.4 is 18.9 Å². The quantitative estimate of drug-likeness (QED) is 0.103. The van der Waals surface area contributed by atoms with E-state index in [9.17, 15) is 58.3 Å². The average molecular weight is 1380 g/mol. The van der Waals surface area contributed by atoms with E-state index in [0.717, 1.165) is 43.6 Å². The molecule has 3 amide bonds. The van der Waals surface area contributed by atoms with E-state index in [2.05, 4.69) is 71.0 Å². The second-order valence-corrected chi connectivity index (χ2v) is 23.5. The lowest BCUT2D eigenvalue weighted by atomic mass is 9.98. The van der Waals surface area contributed by atoms with E-state index in [-0.39, 0.29) is 93.6 Å². The summed E-state index contributed by atoms with van der Waals surface area (Å²) >= 11 is 3.12. The van der Waals surface area contributed by atoms with Gasteiger partial charge < -0.3 is 33.6 Å². The van der Waals surface area contributed by atoms with E-state index in [1.807, 2.05) is 6.92 Å². The van der Waals surface area contributed by atoms with Crippen molar-refractivity contribution in [3.05, 3.63) is 166 Å². The largest absolute Gasteiger partial charge is 0.496 e. The number of alkyl halides is 9. The fourth-order valence-electron chi connectivity index (χ4n) is 13.0. The standard InChI is InChI=1S/C23H20F3N5O3.C20H18F3N7O2.C18H14BrF4N3O2/c1-33-17-5-2-4-15(20-27-8-3-9-28-20)19(17)21(32)31-14-6-7-16(31)18(10-14)34-22-29-11-13(12-30-22)23(24,25)26;1-11-6-14(30-27-4-5-28-30)18(26-8-11)19(31)29-12-2-3-13(29)15(7-12)32-17-10-24-16(9-25-17)20(21,22)23;19-16-10(2-1-3-11(16)20)17(27)26-9-4-5-12(26)13(6-9)28-15-8-24-14(7-25-15)18(21,22)23/h2-5,8-9,11-12,14,16,18H,6-7,10H2,1H3;4-6,8-10,12-13,15H,2-3,7H2,1H3;1-3,7-9,12-13H,4-6H2. The zero-order valence-corrected chi connectivity index (χ0v) is 50.8. The number of carbonyl (C=O) groups is 3. The minimum Gasteiger partial charge on any atom is -0.496 e. The number of benzene rings is 2. The first kappa shape index (κ1) is 64.5. The van der Waals surface area contributed by atoms with Crippen LogP contribution in [0.3, 0.4) is 0 Å². The number of halogens is 11. The highest BCUT2D eigenvalue weighted by Crippen LogP contribution is 2.45. The van der Waals surface area contributed by atoms with Crippen molar-refractivity contribution in [2.24, 2.45) is 0 Å². The third-order valence-corrected chi connectivity index (χ3v) is 17.8. The summed E-state index contributed by atoms with van der Waals surface area (Å²) in [5.41, 5.74) is -0.403. The van der Waals surface area contributed by atoms with E-state index in [0.29, 0.717) is 85.3 Å². The van der Waals surface area contributed by atoms with Crippen molar-refractivity contribution in [1.82, 2.24) is 74.5 Å². The Morgan fingerprint density at radius 3 is 1.57 bits per heavy atom. The Kier molecular flexibility index (Phi) is 17.9. The SMILES string of the molecule is COc1cccc(-c2ncccn2)c1C(=O)N1C2CCC1C(Oc1ncc(C(F)(F)F)cn1)C2.Cc1cnc(C(=O)N2C3CCC2C(Oc2cnc(C(F)(F)F)cn2)C3)c(-n2nccn2)c1.O=C(c1cccc(F)c1Br)N1C2CCC1C(Oc1cnc(C(F)(F)F)cn1)C2. The molecule has 9 unspecified atom stereocenters. The molecule has 22 nitrogen and oxygen atoms in total. The van der Waals surface area contributed by atoms with Crippen molar-refractivity contribution in [2.45, 2.75) is 138 Å². The van der Waals surface area contributed by atoms with Gasteiger partial charge in [0.1, 0.15) is 35.6 Å². The highest BCUT2D eigenvalue weighted by molar-refractivity contribution is 9.10. The molecule has 12 heterocycles. The number of ether oxygens (including phenoxy) is 4. The Labute approximate surface area is 535 Å². The summed E-state index contributed by atoms with van der Waals surface area (Å²) in [4.78, 5) is 81.3. The number of amides is 3. The summed E-state index contributed by atoms with van der Waals surface area (Å²) < 4.78 is 151. The number of nitrogens with zero attached hydrogens (tertiary/aromatic N) is 15. The molecule has 6 saturated heterocycles. The predicted molar refractivity (Wildman–Crippen MR) is 309 cm³/mol. The van der Waals surface area contributed by atoms with E-state index in [1.165, 1.54) is 36.4 Å². The molecule has 2 aromatic carbocycles. The number of hydrogen-bond acceptors (Lipinski definition) is 18. The number of hydrogen-bond donors (Lipinski definition) is 0. The van der Waals surface area contributed by atoms with Gasteiger partial charge in [-0.15, -0.1) is 4.80 Å². The maximum Gasteiger partial charge on any atom is 0.434 e. The lowest BCUT2D eigenvalue weighted by molar-refractivity contribution is -0.142. The monoisotopic (exact) mass is 1380 g/mol. The Bertz CT molecular complexity index is 4050. The zero-order valence-electron chi connectivity index (χ0n) is 49.3. The number of aryl methyl sites for hydroxylation is 1. The van der Waals surface area contributed by atoms with Gasteiger partial charge in [-0.05, 0) is 97.3 Å². The number of methoxy groups -OCH3 is 1.